The number of benzene rings is 2. The summed E-state index contributed by atoms with van der Waals surface area (Å²) in [5.41, 5.74) is 3.73. The molecule has 2 aromatic carbocycles. The Bertz CT molecular complexity index is 1280. The number of anilines is 4. The maximum Gasteiger partial charge on any atom is 0.273 e. The number of pyridine rings is 1. The summed E-state index contributed by atoms with van der Waals surface area (Å²) in [6.45, 7) is 3.32. The molecule has 0 atom stereocenters. The zero-order valence-electron chi connectivity index (χ0n) is 17.4. The van der Waals surface area contributed by atoms with Crippen LogP contribution in [0.15, 0.2) is 71.5 Å². The lowest BCUT2D eigenvalue weighted by atomic mass is 10.0. The quantitative estimate of drug-likeness (QED) is 0.548. The van der Waals surface area contributed by atoms with Gasteiger partial charge < -0.3 is 14.8 Å². The van der Waals surface area contributed by atoms with Crippen LogP contribution in [0, 0.1) is 0 Å². The van der Waals surface area contributed by atoms with E-state index in [1.165, 1.54) is 4.57 Å². The molecular weight excluding hydrogens is 436 g/mol. The minimum Gasteiger partial charge on any atom is -0.373 e. The minimum absolute atomic E-state index is 0.135. The lowest BCUT2D eigenvalue weighted by molar-refractivity contribution is 0.609. The molecule has 1 aromatic heterocycles. The number of aryl methyl sites for hydroxylation is 1. The molecule has 0 saturated carbocycles. The Morgan fingerprint density at radius 2 is 1.71 bits per heavy atom. The first-order valence-electron chi connectivity index (χ1n) is 9.30. The molecule has 162 valence electrons. The SMILES string of the molecule is C=CS(=O)(=O)Nc1ccc(Nc2ccc(Cl)cc2)c(-c2cc(N(C)C)c(=O)n(C)c2)c1. The van der Waals surface area contributed by atoms with E-state index >= 15 is 0 Å². The second kappa shape index (κ2) is 8.87. The van der Waals surface area contributed by atoms with Crippen LogP contribution in [-0.4, -0.2) is 27.1 Å². The third-order valence-corrected chi connectivity index (χ3v) is 5.79. The molecule has 0 aliphatic heterocycles. The maximum atomic E-state index is 12.5. The van der Waals surface area contributed by atoms with Crippen LogP contribution in [0.5, 0.6) is 0 Å². The van der Waals surface area contributed by atoms with Crippen LogP contribution in [0.4, 0.5) is 22.7 Å². The Morgan fingerprint density at radius 3 is 2.32 bits per heavy atom. The van der Waals surface area contributed by atoms with Crippen molar-refractivity contribution in [2.45, 2.75) is 0 Å². The van der Waals surface area contributed by atoms with Crippen LogP contribution < -0.4 is 20.5 Å². The number of nitrogens with one attached hydrogen (secondary N) is 2. The summed E-state index contributed by atoms with van der Waals surface area (Å²) < 4.78 is 27.9. The van der Waals surface area contributed by atoms with Crippen LogP contribution in [0.25, 0.3) is 11.1 Å². The van der Waals surface area contributed by atoms with Crippen molar-refractivity contribution in [2.75, 3.05) is 29.0 Å². The lowest BCUT2D eigenvalue weighted by Crippen LogP contribution is -2.25. The van der Waals surface area contributed by atoms with Crippen molar-refractivity contribution in [3.05, 3.63) is 82.1 Å². The third kappa shape index (κ3) is 5.28. The highest BCUT2D eigenvalue weighted by Gasteiger charge is 2.14. The van der Waals surface area contributed by atoms with Gasteiger partial charge in [-0.1, -0.05) is 18.2 Å². The predicted molar refractivity (Wildman–Crippen MR) is 129 cm³/mol. The van der Waals surface area contributed by atoms with Crippen LogP contribution in [0.1, 0.15) is 0 Å². The number of hydrogen-bond acceptors (Lipinski definition) is 5. The van der Waals surface area contributed by atoms with Crippen LogP contribution in [0.3, 0.4) is 0 Å². The van der Waals surface area contributed by atoms with Gasteiger partial charge in [-0.05, 0) is 48.5 Å². The van der Waals surface area contributed by atoms with E-state index in [9.17, 15) is 13.2 Å². The van der Waals surface area contributed by atoms with Crippen LogP contribution in [0.2, 0.25) is 5.02 Å². The standard InChI is InChI=1S/C22H23ClN4O3S/c1-5-31(29,30)25-18-10-11-20(24-17-8-6-16(23)7-9-17)19(13-18)15-12-21(26(2)3)22(28)27(4)14-15/h5-14,24-25H,1H2,2-4H3. The molecule has 0 aliphatic carbocycles. The van der Waals surface area contributed by atoms with E-state index in [1.807, 2.05) is 12.1 Å². The monoisotopic (exact) mass is 458 g/mol. The van der Waals surface area contributed by atoms with Crippen molar-refractivity contribution in [2.24, 2.45) is 7.05 Å². The molecule has 0 fully saturated rings. The van der Waals surface area contributed by atoms with E-state index in [0.29, 0.717) is 22.0 Å². The first kappa shape index (κ1) is 22.5. The highest BCUT2D eigenvalue weighted by molar-refractivity contribution is 7.95. The Morgan fingerprint density at radius 1 is 1.06 bits per heavy atom. The van der Waals surface area contributed by atoms with Gasteiger partial charge in [-0.2, -0.15) is 0 Å². The van der Waals surface area contributed by atoms with Gasteiger partial charge in [-0.15, -0.1) is 0 Å². The number of halogens is 1. The van der Waals surface area contributed by atoms with Crippen LogP contribution in [-0.2, 0) is 17.1 Å². The molecule has 2 N–H and O–H groups in total. The summed E-state index contributed by atoms with van der Waals surface area (Å²) in [6.07, 6.45) is 1.71. The van der Waals surface area contributed by atoms with Gasteiger partial charge in [-0.25, -0.2) is 8.42 Å². The van der Waals surface area contributed by atoms with Gasteiger partial charge in [0, 0.05) is 66.0 Å². The van der Waals surface area contributed by atoms with Gasteiger partial charge in [0.15, 0.2) is 0 Å². The van der Waals surface area contributed by atoms with Gasteiger partial charge in [-0.3, -0.25) is 9.52 Å². The van der Waals surface area contributed by atoms with Crippen LogP contribution >= 0.6 is 11.6 Å². The summed E-state index contributed by atoms with van der Waals surface area (Å²) >= 11 is 5.98. The first-order valence-corrected chi connectivity index (χ1v) is 11.2. The second-order valence-electron chi connectivity index (χ2n) is 7.13. The molecule has 0 amide bonds. The van der Waals surface area contributed by atoms with E-state index in [0.717, 1.165) is 22.3 Å². The van der Waals surface area contributed by atoms with E-state index in [-0.39, 0.29) is 5.56 Å². The molecule has 9 heteroatoms. The number of hydrogen-bond donors (Lipinski definition) is 2. The molecule has 0 saturated heterocycles. The average molecular weight is 459 g/mol. The van der Waals surface area contributed by atoms with Crippen molar-refractivity contribution < 1.29 is 8.42 Å². The molecular formula is C22H23ClN4O3S. The number of aromatic nitrogens is 1. The third-order valence-electron chi connectivity index (χ3n) is 4.58. The molecule has 0 aliphatic rings. The minimum atomic E-state index is -3.67. The summed E-state index contributed by atoms with van der Waals surface area (Å²) in [4.78, 5) is 14.2. The van der Waals surface area contributed by atoms with Crippen molar-refractivity contribution in [1.82, 2.24) is 4.57 Å². The van der Waals surface area contributed by atoms with Gasteiger partial charge in [0.25, 0.3) is 15.6 Å². The maximum absolute atomic E-state index is 12.5. The number of rotatable bonds is 7. The zero-order valence-corrected chi connectivity index (χ0v) is 19.0. The van der Waals surface area contributed by atoms with Gasteiger partial charge >= 0.3 is 0 Å². The Labute approximate surface area is 186 Å². The topological polar surface area (TPSA) is 83.4 Å². The molecule has 0 radical (unpaired) electrons. The summed E-state index contributed by atoms with van der Waals surface area (Å²) in [5.74, 6) is 0. The molecule has 0 spiro atoms. The summed E-state index contributed by atoms with van der Waals surface area (Å²) in [5, 5.41) is 4.80. The fraction of sp³-hybridized carbons (Fsp3) is 0.136. The molecule has 31 heavy (non-hydrogen) atoms. The normalized spacial score (nSPS) is 11.1. The van der Waals surface area contributed by atoms with Gasteiger partial charge in [0.2, 0.25) is 0 Å². The fourth-order valence-corrected chi connectivity index (χ4v) is 3.68. The van der Waals surface area contributed by atoms with Gasteiger partial charge in [0.1, 0.15) is 5.69 Å². The number of sulfonamides is 1. The summed E-state index contributed by atoms with van der Waals surface area (Å²) in [6, 6.07) is 14.1. The highest BCUT2D eigenvalue weighted by atomic mass is 35.5. The predicted octanol–water partition coefficient (Wildman–Crippen LogP) is 4.40. The molecule has 0 unspecified atom stereocenters. The molecule has 3 rings (SSSR count). The first-order chi connectivity index (χ1) is 14.6. The van der Waals surface area contributed by atoms with E-state index in [4.69, 9.17) is 11.6 Å². The second-order valence-corrected chi connectivity index (χ2v) is 9.19. The smallest absolute Gasteiger partial charge is 0.273 e. The van der Waals surface area contributed by atoms with Gasteiger partial charge in [0.05, 0.1) is 0 Å². The zero-order chi connectivity index (χ0) is 22.8. The molecule has 3 aromatic rings. The highest BCUT2D eigenvalue weighted by Crippen LogP contribution is 2.34. The molecule has 1 heterocycles. The summed E-state index contributed by atoms with van der Waals surface area (Å²) in [7, 11) is 1.59. The van der Waals surface area contributed by atoms with Crippen molar-refractivity contribution >= 4 is 44.4 Å². The van der Waals surface area contributed by atoms with E-state index in [1.54, 1.807) is 68.6 Å². The molecule has 0 bridgehead atoms. The van der Waals surface area contributed by atoms with Crippen molar-refractivity contribution in [3.63, 3.8) is 0 Å². The number of nitrogens with zero attached hydrogens (tertiary/aromatic N) is 2. The Hall–Kier alpha value is -3.23. The average Bonchev–Trinajstić information content (AvgIpc) is 2.72. The largest absolute Gasteiger partial charge is 0.373 e. The fourth-order valence-electron chi connectivity index (χ4n) is 3.01. The van der Waals surface area contributed by atoms with E-state index < -0.39 is 10.0 Å². The van der Waals surface area contributed by atoms with Crippen molar-refractivity contribution in [3.8, 4) is 11.1 Å². The Kier molecular flexibility index (Phi) is 6.42. The van der Waals surface area contributed by atoms with E-state index in [2.05, 4.69) is 16.6 Å². The lowest BCUT2D eigenvalue weighted by Gasteiger charge is -2.18. The Balaban J connectivity index is 2.17. The molecule has 7 nitrogen and oxygen atoms in total. The van der Waals surface area contributed by atoms with Crippen molar-refractivity contribution in [1.29, 1.82) is 0 Å².